The maximum Gasteiger partial charge on any atom is 0.243 e. The Balaban J connectivity index is 1.61. The van der Waals surface area contributed by atoms with Crippen molar-refractivity contribution < 1.29 is 22.7 Å². The number of carbonyl (C=O) groups is 1. The molecule has 2 aromatic carbocycles. The Hall–Kier alpha value is -2.58. The minimum absolute atomic E-state index is 0.129. The zero-order valence-electron chi connectivity index (χ0n) is 16.6. The summed E-state index contributed by atoms with van der Waals surface area (Å²) in [5.41, 5.74) is 0.956. The first-order valence-electron chi connectivity index (χ1n) is 9.49. The second-order valence-corrected chi connectivity index (χ2v) is 8.88. The molecule has 0 saturated carbocycles. The number of hydrogen-bond acceptors (Lipinski definition) is 5. The lowest BCUT2D eigenvalue weighted by Gasteiger charge is -2.31. The number of methoxy groups -OCH3 is 2. The first-order chi connectivity index (χ1) is 13.9. The van der Waals surface area contributed by atoms with Crippen LogP contribution in [0.1, 0.15) is 18.4 Å². The van der Waals surface area contributed by atoms with Crippen LogP contribution in [0.15, 0.2) is 53.4 Å². The van der Waals surface area contributed by atoms with Gasteiger partial charge in [-0.1, -0.05) is 12.1 Å². The molecule has 29 heavy (non-hydrogen) atoms. The summed E-state index contributed by atoms with van der Waals surface area (Å²) in [7, 11) is -0.511. The predicted octanol–water partition coefficient (Wildman–Crippen LogP) is 2.42. The summed E-state index contributed by atoms with van der Waals surface area (Å²) >= 11 is 0. The van der Waals surface area contributed by atoms with E-state index in [2.05, 4.69) is 5.32 Å². The normalized spacial score (nSPS) is 17.5. The molecule has 1 aliphatic heterocycles. The summed E-state index contributed by atoms with van der Waals surface area (Å²) in [5, 5.41) is 2.92. The third-order valence-corrected chi connectivity index (χ3v) is 6.96. The molecule has 0 aromatic heterocycles. The van der Waals surface area contributed by atoms with Gasteiger partial charge in [0.2, 0.25) is 15.9 Å². The van der Waals surface area contributed by atoms with E-state index in [1.807, 2.05) is 24.3 Å². The third-order valence-electron chi connectivity index (χ3n) is 5.08. The molecule has 0 spiro atoms. The number of hydrogen-bond donors (Lipinski definition) is 1. The molecule has 156 valence electrons. The van der Waals surface area contributed by atoms with Crippen LogP contribution in [0.5, 0.6) is 11.5 Å². The number of piperidine rings is 1. The van der Waals surface area contributed by atoms with Crippen LogP contribution in [-0.4, -0.2) is 45.9 Å². The molecule has 1 N–H and O–H groups in total. The first kappa shape index (κ1) is 21.1. The SMILES string of the molecule is COc1ccc(CNC(=O)[C@H]2CCCN(S(=O)(=O)c3ccc(OC)cc3)C2)cc1. The molecule has 1 atom stereocenters. The molecule has 7 nitrogen and oxygen atoms in total. The summed E-state index contributed by atoms with van der Waals surface area (Å²) in [6.45, 7) is 0.990. The van der Waals surface area contributed by atoms with Gasteiger partial charge < -0.3 is 14.8 Å². The molecule has 1 aliphatic rings. The number of nitrogens with zero attached hydrogens (tertiary/aromatic N) is 1. The Morgan fingerprint density at radius 3 is 2.21 bits per heavy atom. The average Bonchev–Trinajstić information content (AvgIpc) is 2.78. The summed E-state index contributed by atoms with van der Waals surface area (Å²) in [6.07, 6.45) is 1.32. The summed E-state index contributed by atoms with van der Waals surface area (Å²) in [5.74, 6) is 0.857. The third kappa shape index (κ3) is 5.07. The molecular weight excluding hydrogens is 392 g/mol. The molecule has 0 aliphatic carbocycles. The van der Waals surface area contributed by atoms with Crippen LogP contribution in [0.3, 0.4) is 0 Å². The molecule has 1 saturated heterocycles. The highest BCUT2D eigenvalue weighted by Gasteiger charge is 2.33. The number of ether oxygens (including phenoxy) is 2. The lowest BCUT2D eigenvalue weighted by molar-refractivity contribution is -0.126. The van der Waals surface area contributed by atoms with Gasteiger partial charge in [-0.05, 0) is 54.8 Å². The van der Waals surface area contributed by atoms with E-state index >= 15 is 0 Å². The van der Waals surface area contributed by atoms with Crippen LogP contribution in [0.4, 0.5) is 0 Å². The summed E-state index contributed by atoms with van der Waals surface area (Å²) < 4.78 is 37.5. The van der Waals surface area contributed by atoms with Crippen LogP contribution < -0.4 is 14.8 Å². The highest BCUT2D eigenvalue weighted by Crippen LogP contribution is 2.25. The van der Waals surface area contributed by atoms with Crippen LogP contribution >= 0.6 is 0 Å². The number of benzene rings is 2. The van der Waals surface area contributed by atoms with E-state index in [1.165, 1.54) is 23.5 Å². The minimum atomic E-state index is -3.64. The average molecular weight is 419 g/mol. The van der Waals surface area contributed by atoms with Gasteiger partial charge in [0.15, 0.2) is 0 Å². The quantitative estimate of drug-likeness (QED) is 0.747. The Kier molecular flexibility index (Phi) is 6.76. The largest absolute Gasteiger partial charge is 0.497 e. The van der Waals surface area contributed by atoms with E-state index in [9.17, 15) is 13.2 Å². The smallest absolute Gasteiger partial charge is 0.243 e. The van der Waals surface area contributed by atoms with Crippen molar-refractivity contribution in [3.05, 3.63) is 54.1 Å². The fraction of sp³-hybridized carbons (Fsp3) is 0.381. The highest BCUT2D eigenvalue weighted by molar-refractivity contribution is 7.89. The van der Waals surface area contributed by atoms with Crippen molar-refractivity contribution in [3.63, 3.8) is 0 Å². The van der Waals surface area contributed by atoms with Crippen molar-refractivity contribution in [2.45, 2.75) is 24.3 Å². The van der Waals surface area contributed by atoms with Gasteiger partial charge in [0.05, 0.1) is 25.0 Å². The molecule has 1 amide bonds. The van der Waals surface area contributed by atoms with Gasteiger partial charge in [0.25, 0.3) is 0 Å². The van der Waals surface area contributed by atoms with Gasteiger partial charge in [-0.3, -0.25) is 4.79 Å². The van der Waals surface area contributed by atoms with Crippen LogP contribution in [0.25, 0.3) is 0 Å². The molecule has 1 fully saturated rings. The second-order valence-electron chi connectivity index (χ2n) is 6.94. The van der Waals surface area contributed by atoms with Crippen molar-refractivity contribution in [1.82, 2.24) is 9.62 Å². The van der Waals surface area contributed by atoms with E-state index in [0.717, 1.165) is 11.3 Å². The van der Waals surface area contributed by atoms with E-state index in [0.29, 0.717) is 31.7 Å². The molecule has 2 aromatic rings. The number of nitrogens with one attached hydrogen (secondary N) is 1. The van der Waals surface area contributed by atoms with Crippen molar-refractivity contribution in [2.24, 2.45) is 5.92 Å². The van der Waals surface area contributed by atoms with E-state index in [1.54, 1.807) is 19.2 Å². The van der Waals surface area contributed by atoms with Gasteiger partial charge in [-0.15, -0.1) is 0 Å². The Morgan fingerprint density at radius 2 is 1.62 bits per heavy atom. The van der Waals surface area contributed by atoms with Gasteiger partial charge in [0.1, 0.15) is 11.5 Å². The lowest BCUT2D eigenvalue weighted by Crippen LogP contribution is -2.45. The van der Waals surface area contributed by atoms with Gasteiger partial charge in [-0.2, -0.15) is 4.31 Å². The monoisotopic (exact) mass is 418 g/mol. The highest BCUT2D eigenvalue weighted by atomic mass is 32.2. The molecule has 0 unspecified atom stereocenters. The zero-order valence-corrected chi connectivity index (χ0v) is 17.4. The van der Waals surface area contributed by atoms with Crippen LogP contribution in [0, 0.1) is 5.92 Å². The Bertz CT molecular complexity index is 927. The minimum Gasteiger partial charge on any atom is -0.497 e. The summed E-state index contributed by atoms with van der Waals surface area (Å²) in [6, 6.07) is 13.8. The Labute approximate surface area is 171 Å². The number of carbonyl (C=O) groups excluding carboxylic acids is 1. The molecule has 8 heteroatoms. The van der Waals surface area contributed by atoms with Crippen LogP contribution in [-0.2, 0) is 21.4 Å². The van der Waals surface area contributed by atoms with Gasteiger partial charge >= 0.3 is 0 Å². The summed E-state index contributed by atoms with van der Waals surface area (Å²) in [4.78, 5) is 12.8. The van der Waals surface area contributed by atoms with Crippen molar-refractivity contribution in [2.75, 3.05) is 27.3 Å². The molecule has 3 rings (SSSR count). The Morgan fingerprint density at radius 1 is 1.03 bits per heavy atom. The second kappa shape index (κ2) is 9.28. The zero-order chi connectivity index (χ0) is 20.9. The van der Waals surface area contributed by atoms with Crippen LogP contribution in [0.2, 0.25) is 0 Å². The number of amides is 1. The maximum absolute atomic E-state index is 12.9. The fourth-order valence-electron chi connectivity index (χ4n) is 3.35. The van der Waals surface area contributed by atoms with Crippen molar-refractivity contribution in [1.29, 1.82) is 0 Å². The van der Waals surface area contributed by atoms with Gasteiger partial charge in [0, 0.05) is 19.6 Å². The molecule has 1 heterocycles. The van der Waals surface area contributed by atoms with Crippen molar-refractivity contribution in [3.8, 4) is 11.5 Å². The topological polar surface area (TPSA) is 84.9 Å². The van der Waals surface area contributed by atoms with E-state index in [4.69, 9.17) is 9.47 Å². The molecule has 0 bridgehead atoms. The van der Waals surface area contributed by atoms with Crippen molar-refractivity contribution >= 4 is 15.9 Å². The lowest BCUT2D eigenvalue weighted by atomic mass is 9.99. The molecular formula is C21H26N2O5S. The standard InChI is InChI=1S/C21H26N2O5S/c1-27-18-7-5-16(6-8-18)14-22-21(24)17-4-3-13-23(15-17)29(25,26)20-11-9-19(28-2)10-12-20/h5-12,17H,3-4,13-15H2,1-2H3,(H,22,24)/t17-/m0/s1. The molecule has 0 radical (unpaired) electrons. The van der Waals surface area contributed by atoms with E-state index < -0.39 is 10.0 Å². The fourth-order valence-corrected chi connectivity index (χ4v) is 4.87. The maximum atomic E-state index is 12.9. The number of sulfonamides is 1. The van der Waals surface area contributed by atoms with Gasteiger partial charge in [-0.25, -0.2) is 8.42 Å². The van der Waals surface area contributed by atoms with E-state index in [-0.39, 0.29) is 23.3 Å². The first-order valence-corrected chi connectivity index (χ1v) is 10.9. The number of rotatable bonds is 7. The predicted molar refractivity (Wildman–Crippen MR) is 109 cm³/mol.